The molecule has 1 aliphatic rings. The number of aryl methyl sites for hydroxylation is 1. The molecule has 0 unspecified atom stereocenters. The Balaban J connectivity index is 1.86. The van der Waals surface area contributed by atoms with Crippen LogP contribution < -0.4 is 0 Å². The summed E-state index contributed by atoms with van der Waals surface area (Å²) in [6, 6.07) is 6.08. The predicted octanol–water partition coefficient (Wildman–Crippen LogP) is 3.38. The number of amides is 1. The van der Waals surface area contributed by atoms with E-state index in [2.05, 4.69) is 30.0 Å². The molecule has 1 atom stereocenters. The van der Waals surface area contributed by atoms with E-state index in [0.717, 1.165) is 43.5 Å². The lowest BCUT2D eigenvalue weighted by molar-refractivity contribution is 0.0600. The molecule has 0 bridgehead atoms. The van der Waals surface area contributed by atoms with Crippen LogP contribution in [0.4, 0.5) is 0 Å². The van der Waals surface area contributed by atoms with Crippen molar-refractivity contribution in [1.29, 1.82) is 0 Å². The third-order valence-corrected chi connectivity index (χ3v) is 4.60. The van der Waals surface area contributed by atoms with Gasteiger partial charge in [-0.2, -0.15) is 5.10 Å². The van der Waals surface area contributed by atoms with Gasteiger partial charge in [0.2, 0.25) is 0 Å². The van der Waals surface area contributed by atoms with Gasteiger partial charge in [0.15, 0.2) is 0 Å². The maximum Gasteiger partial charge on any atom is 0.272 e. The van der Waals surface area contributed by atoms with Gasteiger partial charge in [0, 0.05) is 26.0 Å². The van der Waals surface area contributed by atoms with Crippen molar-refractivity contribution < 1.29 is 4.79 Å². The minimum Gasteiger partial charge on any atom is -0.330 e. The van der Waals surface area contributed by atoms with Gasteiger partial charge in [0.1, 0.15) is 5.69 Å². The molecule has 0 saturated carbocycles. The van der Waals surface area contributed by atoms with Crippen LogP contribution in [0.15, 0.2) is 30.6 Å². The molecule has 1 fully saturated rings. The third kappa shape index (κ3) is 3.50. The summed E-state index contributed by atoms with van der Waals surface area (Å²) in [6.45, 7) is 5.13. The van der Waals surface area contributed by atoms with E-state index in [1.807, 2.05) is 30.3 Å². The van der Waals surface area contributed by atoms with Crippen molar-refractivity contribution in [3.63, 3.8) is 0 Å². The average molecular weight is 326 g/mol. The fraction of sp³-hybridized carbons (Fsp3) is 0.526. The zero-order chi connectivity index (χ0) is 17.1. The lowest BCUT2D eigenvalue weighted by Gasteiger charge is -2.35. The van der Waals surface area contributed by atoms with Crippen molar-refractivity contribution in [2.45, 2.75) is 45.6 Å². The van der Waals surface area contributed by atoms with Crippen molar-refractivity contribution in [3.8, 4) is 0 Å². The molecule has 3 heterocycles. The highest BCUT2D eigenvalue weighted by Gasteiger charge is 2.30. The first-order valence-electron chi connectivity index (χ1n) is 8.80. The fourth-order valence-electron chi connectivity index (χ4n) is 3.49. The molecule has 128 valence electrons. The van der Waals surface area contributed by atoms with E-state index >= 15 is 0 Å². The molecule has 0 aromatic carbocycles. The standard InChI is InChI=1S/C19H26N4O/c1-14(2)11-16-12-18(22(3)21-16)19(24)23-10-5-4-8-17(23)15-7-6-9-20-13-15/h6-7,9,12-14,17H,4-5,8,10-11H2,1-3H3/t17-/m1/s1. The maximum absolute atomic E-state index is 13.1. The van der Waals surface area contributed by atoms with Crippen LogP contribution in [0.1, 0.15) is 60.9 Å². The van der Waals surface area contributed by atoms with Gasteiger partial charge < -0.3 is 4.90 Å². The first kappa shape index (κ1) is 16.7. The first-order chi connectivity index (χ1) is 11.6. The molecule has 0 aliphatic carbocycles. The van der Waals surface area contributed by atoms with E-state index in [9.17, 15) is 4.79 Å². The monoisotopic (exact) mass is 326 g/mol. The molecule has 0 spiro atoms. The molecular formula is C19H26N4O. The minimum atomic E-state index is 0.0774. The number of carbonyl (C=O) groups is 1. The van der Waals surface area contributed by atoms with E-state index in [1.165, 1.54) is 0 Å². The fourth-order valence-corrected chi connectivity index (χ4v) is 3.49. The second-order valence-electron chi connectivity index (χ2n) is 7.04. The van der Waals surface area contributed by atoms with E-state index in [4.69, 9.17) is 0 Å². The van der Waals surface area contributed by atoms with Crippen molar-refractivity contribution in [3.05, 3.63) is 47.5 Å². The molecule has 0 N–H and O–H groups in total. The molecule has 5 heteroatoms. The molecule has 3 rings (SSSR count). The predicted molar refractivity (Wildman–Crippen MR) is 93.6 cm³/mol. The summed E-state index contributed by atoms with van der Waals surface area (Å²) in [4.78, 5) is 19.4. The van der Waals surface area contributed by atoms with Gasteiger partial charge in [-0.05, 0) is 49.3 Å². The quantitative estimate of drug-likeness (QED) is 0.865. The third-order valence-electron chi connectivity index (χ3n) is 4.60. The Hall–Kier alpha value is -2.17. The number of piperidine rings is 1. The van der Waals surface area contributed by atoms with Crippen molar-refractivity contribution in [2.24, 2.45) is 13.0 Å². The largest absolute Gasteiger partial charge is 0.330 e. The Morgan fingerprint density at radius 3 is 2.92 bits per heavy atom. The zero-order valence-electron chi connectivity index (χ0n) is 14.8. The number of hydrogen-bond acceptors (Lipinski definition) is 3. The van der Waals surface area contributed by atoms with Crippen LogP contribution in [-0.2, 0) is 13.5 Å². The number of aromatic nitrogens is 3. The molecule has 1 aliphatic heterocycles. The van der Waals surface area contributed by atoms with Gasteiger partial charge in [-0.25, -0.2) is 0 Å². The van der Waals surface area contributed by atoms with E-state index in [-0.39, 0.29) is 11.9 Å². The Morgan fingerprint density at radius 2 is 2.21 bits per heavy atom. The molecule has 1 saturated heterocycles. The second-order valence-corrected chi connectivity index (χ2v) is 7.04. The van der Waals surface area contributed by atoms with Gasteiger partial charge in [-0.15, -0.1) is 0 Å². The van der Waals surface area contributed by atoms with Crippen LogP contribution in [0.3, 0.4) is 0 Å². The van der Waals surface area contributed by atoms with Gasteiger partial charge in [-0.3, -0.25) is 14.5 Å². The van der Waals surface area contributed by atoms with Crippen LogP contribution in [0.2, 0.25) is 0 Å². The van der Waals surface area contributed by atoms with Gasteiger partial charge in [-0.1, -0.05) is 19.9 Å². The molecule has 1 amide bonds. The van der Waals surface area contributed by atoms with Crippen molar-refractivity contribution in [1.82, 2.24) is 19.7 Å². The normalized spacial score (nSPS) is 18.2. The summed E-state index contributed by atoms with van der Waals surface area (Å²) in [5.41, 5.74) is 2.79. The Labute approximate surface area is 143 Å². The van der Waals surface area contributed by atoms with Crippen LogP contribution in [-0.4, -0.2) is 32.1 Å². The number of carbonyl (C=O) groups excluding carboxylic acids is 1. The molecule has 0 radical (unpaired) electrons. The molecular weight excluding hydrogens is 300 g/mol. The maximum atomic E-state index is 13.1. The first-order valence-corrected chi connectivity index (χ1v) is 8.80. The Morgan fingerprint density at radius 1 is 1.38 bits per heavy atom. The smallest absolute Gasteiger partial charge is 0.272 e. The summed E-state index contributed by atoms with van der Waals surface area (Å²) >= 11 is 0. The SMILES string of the molecule is CC(C)Cc1cc(C(=O)N2CCCC[C@@H]2c2cccnc2)n(C)n1. The molecule has 24 heavy (non-hydrogen) atoms. The van der Waals surface area contributed by atoms with Crippen LogP contribution in [0.5, 0.6) is 0 Å². The highest BCUT2D eigenvalue weighted by atomic mass is 16.2. The number of pyridine rings is 1. The summed E-state index contributed by atoms with van der Waals surface area (Å²) < 4.78 is 1.73. The number of nitrogens with zero attached hydrogens (tertiary/aromatic N) is 4. The zero-order valence-corrected chi connectivity index (χ0v) is 14.8. The van der Waals surface area contributed by atoms with Crippen LogP contribution in [0, 0.1) is 5.92 Å². The Bertz CT molecular complexity index is 693. The van der Waals surface area contributed by atoms with Gasteiger partial charge >= 0.3 is 0 Å². The lowest BCUT2D eigenvalue weighted by atomic mass is 9.96. The second kappa shape index (κ2) is 7.16. The van der Waals surface area contributed by atoms with Gasteiger partial charge in [0.05, 0.1) is 11.7 Å². The van der Waals surface area contributed by atoms with Crippen LogP contribution in [0.25, 0.3) is 0 Å². The Kier molecular flexibility index (Phi) is 4.97. The van der Waals surface area contributed by atoms with Crippen molar-refractivity contribution in [2.75, 3.05) is 6.54 Å². The summed E-state index contributed by atoms with van der Waals surface area (Å²) in [6.07, 6.45) is 7.75. The van der Waals surface area contributed by atoms with Crippen molar-refractivity contribution >= 4 is 5.91 Å². The lowest BCUT2D eigenvalue weighted by Crippen LogP contribution is -2.39. The topological polar surface area (TPSA) is 51.0 Å². The average Bonchev–Trinajstić information content (AvgIpc) is 2.94. The molecule has 2 aromatic heterocycles. The minimum absolute atomic E-state index is 0.0774. The number of hydrogen-bond donors (Lipinski definition) is 0. The summed E-state index contributed by atoms with van der Waals surface area (Å²) in [5, 5.41) is 4.52. The number of rotatable bonds is 4. The van der Waals surface area contributed by atoms with Crippen LogP contribution >= 0.6 is 0 Å². The molecule has 2 aromatic rings. The van der Waals surface area contributed by atoms with E-state index in [0.29, 0.717) is 11.6 Å². The number of likely N-dealkylation sites (tertiary alicyclic amines) is 1. The highest BCUT2D eigenvalue weighted by Crippen LogP contribution is 2.31. The van der Waals surface area contributed by atoms with E-state index in [1.54, 1.807) is 10.9 Å². The molecule has 5 nitrogen and oxygen atoms in total. The van der Waals surface area contributed by atoms with Gasteiger partial charge in [0.25, 0.3) is 5.91 Å². The summed E-state index contributed by atoms with van der Waals surface area (Å²) in [7, 11) is 1.86. The summed E-state index contributed by atoms with van der Waals surface area (Å²) in [5.74, 6) is 0.606. The van der Waals surface area contributed by atoms with E-state index < -0.39 is 0 Å². The highest BCUT2D eigenvalue weighted by molar-refractivity contribution is 5.93.